The van der Waals surface area contributed by atoms with Gasteiger partial charge in [-0.2, -0.15) is 0 Å². The third kappa shape index (κ3) is 2.81. The van der Waals surface area contributed by atoms with Crippen LogP contribution in [0.2, 0.25) is 0 Å². The van der Waals surface area contributed by atoms with Crippen LogP contribution in [-0.2, 0) is 4.79 Å². The maximum atomic E-state index is 11.5. The standard InChI is InChI=1S/C10H15N3O/c1-7(2)9(11)10(14)13-8-3-5-12-6-4-8/h3-7,9H,11H2,1-2H3,(H,12,13,14). The Hall–Kier alpha value is -1.42. The minimum atomic E-state index is -0.469. The molecule has 0 aliphatic rings. The molecule has 0 spiro atoms. The number of carbonyl (C=O) groups excluding carboxylic acids is 1. The van der Waals surface area contributed by atoms with Crippen LogP contribution in [-0.4, -0.2) is 16.9 Å². The molecular weight excluding hydrogens is 178 g/mol. The van der Waals surface area contributed by atoms with Gasteiger partial charge in [0.05, 0.1) is 6.04 Å². The maximum absolute atomic E-state index is 11.5. The minimum Gasteiger partial charge on any atom is -0.325 e. The van der Waals surface area contributed by atoms with Gasteiger partial charge < -0.3 is 11.1 Å². The van der Waals surface area contributed by atoms with Gasteiger partial charge in [-0.25, -0.2) is 0 Å². The number of hydrogen-bond donors (Lipinski definition) is 2. The lowest BCUT2D eigenvalue weighted by Gasteiger charge is -2.14. The van der Waals surface area contributed by atoms with Crippen LogP contribution >= 0.6 is 0 Å². The van der Waals surface area contributed by atoms with Gasteiger partial charge in [-0.05, 0) is 18.1 Å². The van der Waals surface area contributed by atoms with Gasteiger partial charge in [0.15, 0.2) is 0 Å². The Bertz CT molecular complexity index is 297. The Morgan fingerprint density at radius 2 is 2.00 bits per heavy atom. The largest absolute Gasteiger partial charge is 0.325 e. The molecule has 1 aromatic heterocycles. The zero-order valence-electron chi connectivity index (χ0n) is 8.40. The smallest absolute Gasteiger partial charge is 0.241 e. The van der Waals surface area contributed by atoms with Crippen molar-refractivity contribution in [2.75, 3.05) is 5.32 Å². The maximum Gasteiger partial charge on any atom is 0.241 e. The van der Waals surface area contributed by atoms with Gasteiger partial charge in [-0.15, -0.1) is 0 Å². The van der Waals surface area contributed by atoms with Crippen LogP contribution < -0.4 is 11.1 Å². The molecule has 0 fully saturated rings. The predicted molar refractivity (Wildman–Crippen MR) is 55.7 cm³/mol. The van der Waals surface area contributed by atoms with Gasteiger partial charge in [0, 0.05) is 18.1 Å². The molecule has 1 atom stereocenters. The van der Waals surface area contributed by atoms with Crippen molar-refractivity contribution in [2.45, 2.75) is 19.9 Å². The molecule has 1 rings (SSSR count). The average molecular weight is 193 g/mol. The average Bonchev–Trinajstić information content (AvgIpc) is 2.18. The zero-order chi connectivity index (χ0) is 10.6. The quantitative estimate of drug-likeness (QED) is 0.752. The minimum absolute atomic E-state index is 0.136. The van der Waals surface area contributed by atoms with E-state index >= 15 is 0 Å². The van der Waals surface area contributed by atoms with E-state index in [4.69, 9.17) is 5.73 Å². The van der Waals surface area contributed by atoms with E-state index in [2.05, 4.69) is 10.3 Å². The van der Waals surface area contributed by atoms with Gasteiger partial charge >= 0.3 is 0 Å². The van der Waals surface area contributed by atoms with E-state index in [-0.39, 0.29) is 11.8 Å². The first-order valence-electron chi connectivity index (χ1n) is 4.57. The topological polar surface area (TPSA) is 68.0 Å². The second-order valence-electron chi connectivity index (χ2n) is 3.49. The molecule has 1 amide bonds. The summed E-state index contributed by atoms with van der Waals surface area (Å²) in [6, 6.07) is 2.98. The van der Waals surface area contributed by atoms with E-state index in [1.54, 1.807) is 24.5 Å². The van der Waals surface area contributed by atoms with E-state index in [0.717, 1.165) is 5.69 Å². The first kappa shape index (κ1) is 10.7. The molecule has 0 bridgehead atoms. The fourth-order valence-electron chi connectivity index (χ4n) is 0.964. The summed E-state index contributed by atoms with van der Waals surface area (Å²) >= 11 is 0. The van der Waals surface area contributed by atoms with Crippen LogP contribution in [0.3, 0.4) is 0 Å². The summed E-state index contributed by atoms with van der Waals surface area (Å²) in [5, 5.41) is 2.72. The van der Waals surface area contributed by atoms with E-state index < -0.39 is 6.04 Å². The fourth-order valence-corrected chi connectivity index (χ4v) is 0.964. The van der Waals surface area contributed by atoms with Crippen molar-refractivity contribution in [3.8, 4) is 0 Å². The molecule has 4 nitrogen and oxygen atoms in total. The number of pyridine rings is 1. The summed E-state index contributed by atoms with van der Waals surface area (Å²) in [5.41, 5.74) is 6.40. The molecule has 3 N–H and O–H groups in total. The van der Waals surface area contributed by atoms with Crippen LogP contribution in [0.15, 0.2) is 24.5 Å². The van der Waals surface area contributed by atoms with Gasteiger partial charge in [0.1, 0.15) is 0 Å². The van der Waals surface area contributed by atoms with E-state index in [1.807, 2.05) is 13.8 Å². The van der Waals surface area contributed by atoms with Crippen molar-refractivity contribution >= 4 is 11.6 Å². The summed E-state index contributed by atoms with van der Waals surface area (Å²) in [4.78, 5) is 15.3. The number of anilines is 1. The van der Waals surface area contributed by atoms with Crippen LogP contribution in [0.1, 0.15) is 13.8 Å². The molecule has 1 aromatic rings. The fraction of sp³-hybridized carbons (Fsp3) is 0.400. The Balaban J connectivity index is 2.58. The normalized spacial score (nSPS) is 12.6. The number of nitrogens with one attached hydrogen (secondary N) is 1. The van der Waals surface area contributed by atoms with Crippen molar-refractivity contribution in [2.24, 2.45) is 11.7 Å². The first-order valence-corrected chi connectivity index (χ1v) is 4.57. The number of nitrogens with two attached hydrogens (primary N) is 1. The van der Waals surface area contributed by atoms with Gasteiger partial charge in [0.2, 0.25) is 5.91 Å². The molecule has 14 heavy (non-hydrogen) atoms. The van der Waals surface area contributed by atoms with Gasteiger partial charge in [-0.1, -0.05) is 13.8 Å². The lowest BCUT2D eigenvalue weighted by atomic mass is 10.1. The molecule has 0 saturated heterocycles. The van der Waals surface area contributed by atoms with Crippen molar-refractivity contribution in [3.05, 3.63) is 24.5 Å². The number of carbonyl (C=O) groups is 1. The highest BCUT2D eigenvalue weighted by Gasteiger charge is 2.16. The Morgan fingerprint density at radius 1 is 1.43 bits per heavy atom. The first-order chi connectivity index (χ1) is 6.61. The lowest BCUT2D eigenvalue weighted by Crippen LogP contribution is -2.39. The van der Waals surface area contributed by atoms with Crippen LogP contribution in [0.5, 0.6) is 0 Å². The summed E-state index contributed by atoms with van der Waals surface area (Å²) in [7, 11) is 0. The Kier molecular flexibility index (Phi) is 3.59. The highest BCUT2D eigenvalue weighted by molar-refractivity contribution is 5.94. The van der Waals surface area contributed by atoms with E-state index in [1.165, 1.54) is 0 Å². The van der Waals surface area contributed by atoms with E-state index in [9.17, 15) is 4.79 Å². The molecule has 76 valence electrons. The zero-order valence-corrected chi connectivity index (χ0v) is 8.40. The monoisotopic (exact) mass is 193 g/mol. The Labute approximate surface area is 83.5 Å². The summed E-state index contributed by atoms with van der Waals surface area (Å²) in [6.45, 7) is 3.83. The molecule has 4 heteroatoms. The van der Waals surface area contributed by atoms with Crippen molar-refractivity contribution in [1.29, 1.82) is 0 Å². The molecule has 1 heterocycles. The highest BCUT2D eigenvalue weighted by Crippen LogP contribution is 2.06. The predicted octanol–water partition coefficient (Wildman–Crippen LogP) is 1.00. The molecule has 0 saturated carbocycles. The molecule has 0 aliphatic carbocycles. The molecule has 0 radical (unpaired) electrons. The number of amides is 1. The lowest BCUT2D eigenvalue weighted by molar-refractivity contribution is -0.118. The molecular formula is C10H15N3O. The van der Waals surface area contributed by atoms with E-state index in [0.29, 0.717) is 0 Å². The number of hydrogen-bond acceptors (Lipinski definition) is 3. The van der Waals surface area contributed by atoms with Crippen molar-refractivity contribution in [3.63, 3.8) is 0 Å². The van der Waals surface area contributed by atoms with Crippen molar-refractivity contribution < 1.29 is 4.79 Å². The number of nitrogens with zero attached hydrogens (tertiary/aromatic N) is 1. The van der Waals surface area contributed by atoms with Gasteiger partial charge in [0.25, 0.3) is 0 Å². The molecule has 1 unspecified atom stereocenters. The summed E-state index contributed by atoms with van der Waals surface area (Å²) in [6.07, 6.45) is 3.24. The second-order valence-corrected chi connectivity index (χ2v) is 3.49. The number of aromatic nitrogens is 1. The van der Waals surface area contributed by atoms with Crippen LogP contribution in [0.4, 0.5) is 5.69 Å². The van der Waals surface area contributed by atoms with Crippen molar-refractivity contribution in [1.82, 2.24) is 4.98 Å². The summed E-state index contributed by atoms with van der Waals surface area (Å²) < 4.78 is 0. The molecule has 0 aromatic carbocycles. The van der Waals surface area contributed by atoms with Gasteiger partial charge in [-0.3, -0.25) is 9.78 Å². The third-order valence-electron chi connectivity index (χ3n) is 1.97. The number of rotatable bonds is 3. The Morgan fingerprint density at radius 3 is 2.50 bits per heavy atom. The SMILES string of the molecule is CC(C)C(N)C(=O)Nc1ccncc1. The highest BCUT2D eigenvalue weighted by atomic mass is 16.2. The molecule has 0 aliphatic heterocycles. The van der Waals surface area contributed by atoms with Crippen LogP contribution in [0, 0.1) is 5.92 Å². The third-order valence-corrected chi connectivity index (χ3v) is 1.97. The van der Waals surface area contributed by atoms with Crippen LogP contribution in [0.25, 0.3) is 0 Å². The summed E-state index contributed by atoms with van der Waals surface area (Å²) in [5.74, 6) is -0.0250. The second kappa shape index (κ2) is 4.72.